The second kappa shape index (κ2) is 7.77. The molecule has 6 nitrogen and oxygen atoms in total. The highest BCUT2D eigenvalue weighted by atomic mass is 35.5. The van der Waals surface area contributed by atoms with Crippen LogP contribution in [0.15, 0.2) is 58.5 Å². The number of nitrogens with zero attached hydrogens (tertiary/aromatic N) is 2. The zero-order valence-electron chi connectivity index (χ0n) is 14.0. The molecule has 132 valence electrons. The zero-order chi connectivity index (χ0) is 18.6. The van der Waals surface area contributed by atoms with Gasteiger partial charge in [0, 0.05) is 24.7 Å². The molecule has 2 rings (SSSR count). The lowest BCUT2D eigenvalue weighted by Gasteiger charge is -2.12. The van der Waals surface area contributed by atoms with Gasteiger partial charge >= 0.3 is 0 Å². The first-order valence-corrected chi connectivity index (χ1v) is 9.17. The van der Waals surface area contributed by atoms with Gasteiger partial charge in [0.2, 0.25) is 10.0 Å². The van der Waals surface area contributed by atoms with E-state index in [0.29, 0.717) is 10.7 Å². The number of rotatable bonds is 5. The number of carbonyl (C=O) groups is 1. The van der Waals surface area contributed by atoms with Crippen molar-refractivity contribution in [1.29, 1.82) is 0 Å². The molecule has 0 saturated carbocycles. The Balaban J connectivity index is 2.20. The van der Waals surface area contributed by atoms with E-state index in [1.807, 2.05) is 6.07 Å². The van der Waals surface area contributed by atoms with Gasteiger partial charge in [-0.15, -0.1) is 0 Å². The maximum absolute atomic E-state index is 12.2. The van der Waals surface area contributed by atoms with Crippen molar-refractivity contribution in [2.24, 2.45) is 5.10 Å². The van der Waals surface area contributed by atoms with Gasteiger partial charge < -0.3 is 0 Å². The number of benzene rings is 2. The molecule has 2 aromatic carbocycles. The van der Waals surface area contributed by atoms with Crippen molar-refractivity contribution in [3.05, 3.63) is 64.7 Å². The lowest BCUT2D eigenvalue weighted by Crippen LogP contribution is -2.23. The van der Waals surface area contributed by atoms with Crippen LogP contribution in [0.3, 0.4) is 0 Å². The van der Waals surface area contributed by atoms with E-state index in [9.17, 15) is 13.2 Å². The standard InChI is InChI=1S/C17H18ClN3O3S/c1-12(13-6-4-8-15(18)10-13)19-20-17(22)14-7-5-9-16(11-14)25(23,24)21(2)3/h4-11H,1-3H3,(H,20,22)/b19-12-. The molecule has 0 heterocycles. The molecule has 0 atom stereocenters. The highest BCUT2D eigenvalue weighted by Crippen LogP contribution is 2.15. The zero-order valence-corrected chi connectivity index (χ0v) is 15.6. The average molecular weight is 380 g/mol. The van der Waals surface area contributed by atoms with Gasteiger partial charge in [-0.3, -0.25) is 4.79 Å². The van der Waals surface area contributed by atoms with E-state index in [1.54, 1.807) is 25.1 Å². The first-order valence-electron chi connectivity index (χ1n) is 7.35. The Bertz CT molecular complexity index is 924. The fraction of sp³-hybridized carbons (Fsp3) is 0.176. The Morgan fingerprint density at radius 2 is 1.72 bits per heavy atom. The molecule has 0 bridgehead atoms. The van der Waals surface area contributed by atoms with Crippen LogP contribution in [-0.4, -0.2) is 38.4 Å². The van der Waals surface area contributed by atoms with E-state index < -0.39 is 15.9 Å². The number of hydrogen-bond donors (Lipinski definition) is 1. The van der Waals surface area contributed by atoms with Gasteiger partial charge in [0.1, 0.15) is 0 Å². The first kappa shape index (κ1) is 19.1. The van der Waals surface area contributed by atoms with Crippen LogP contribution in [0, 0.1) is 0 Å². The van der Waals surface area contributed by atoms with E-state index in [0.717, 1.165) is 9.87 Å². The van der Waals surface area contributed by atoms with Crippen LogP contribution in [0.4, 0.5) is 0 Å². The van der Waals surface area contributed by atoms with Crippen molar-refractivity contribution < 1.29 is 13.2 Å². The van der Waals surface area contributed by atoms with Crippen molar-refractivity contribution in [3.63, 3.8) is 0 Å². The third-order valence-electron chi connectivity index (χ3n) is 3.44. The Morgan fingerprint density at radius 3 is 2.36 bits per heavy atom. The van der Waals surface area contributed by atoms with Crippen molar-refractivity contribution in [1.82, 2.24) is 9.73 Å². The number of nitrogens with one attached hydrogen (secondary N) is 1. The maximum Gasteiger partial charge on any atom is 0.271 e. The molecule has 1 N–H and O–H groups in total. The largest absolute Gasteiger partial charge is 0.271 e. The van der Waals surface area contributed by atoms with Gasteiger partial charge in [0.05, 0.1) is 10.6 Å². The summed E-state index contributed by atoms with van der Waals surface area (Å²) in [5, 5.41) is 4.61. The van der Waals surface area contributed by atoms with Gasteiger partial charge in [0.15, 0.2) is 0 Å². The van der Waals surface area contributed by atoms with Crippen LogP contribution >= 0.6 is 11.6 Å². The van der Waals surface area contributed by atoms with Crippen molar-refractivity contribution in [3.8, 4) is 0 Å². The molecule has 1 amide bonds. The van der Waals surface area contributed by atoms with Gasteiger partial charge in [-0.05, 0) is 42.8 Å². The summed E-state index contributed by atoms with van der Waals surface area (Å²) >= 11 is 5.93. The minimum atomic E-state index is -3.61. The summed E-state index contributed by atoms with van der Waals surface area (Å²) in [6.07, 6.45) is 0. The van der Waals surface area contributed by atoms with Gasteiger partial charge in [-0.2, -0.15) is 5.10 Å². The van der Waals surface area contributed by atoms with Crippen LogP contribution in [0.5, 0.6) is 0 Å². The normalized spacial score (nSPS) is 12.3. The third kappa shape index (κ3) is 4.66. The Labute approximate surface area is 152 Å². The topological polar surface area (TPSA) is 78.8 Å². The van der Waals surface area contributed by atoms with Crippen molar-refractivity contribution in [2.45, 2.75) is 11.8 Å². The molecule has 0 aliphatic heterocycles. The van der Waals surface area contributed by atoms with Crippen molar-refractivity contribution in [2.75, 3.05) is 14.1 Å². The van der Waals surface area contributed by atoms with Crippen LogP contribution in [0.2, 0.25) is 5.02 Å². The van der Waals surface area contributed by atoms with E-state index >= 15 is 0 Å². The smallest absolute Gasteiger partial charge is 0.267 e. The summed E-state index contributed by atoms with van der Waals surface area (Å²) in [7, 11) is -0.747. The van der Waals surface area contributed by atoms with Crippen molar-refractivity contribution >= 4 is 33.2 Å². The highest BCUT2D eigenvalue weighted by Gasteiger charge is 2.18. The van der Waals surface area contributed by atoms with E-state index in [1.165, 1.54) is 38.4 Å². The summed E-state index contributed by atoms with van der Waals surface area (Å²) in [5.41, 5.74) is 3.97. The molecular formula is C17H18ClN3O3S. The minimum absolute atomic E-state index is 0.0423. The van der Waals surface area contributed by atoms with E-state index in [2.05, 4.69) is 10.5 Å². The molecule has 0 unspecified atom stereocenters. The summed E-state index contributed by atoms with van der Waals surface area (Å²) in [6, 6.07) is 12.9. The maximum atomic E-state index is 12.2. The number of amides is 1. The summed E-state index contributed by atoms with van der Waals surface area (Å²) in [6.45, 7) is 1.73. The van der Waals surface area contributed by atoms with E-state index in [-0.39, 0.29) is 10.5 Å². The van der Waals surface area contributed by atoms with Gasteiger partial charge in [0.25, 0.3) is 5.91 Å². The number of hydrazone groups is 1. The molecule has 0 spiro atoms. The van der Waals surface area contributed by atoms with Crippen LogP contribution in [-0.2, 0) is 10.0 Å². The molecule has 8 heteroatoms. The van der Waals surface area contributed by atoms with Gasteiger partial charge in [-0.25, -0.2) is 18.1 Å². The first-order chi connectivity index (χ1) is 11.7. The number of carbonyl (C=O) groups excluding carboxylic acids is 1. The molecule has 2 aromatic rings. The molecular weight excluding hydrogens is 362 g/mol. The molecule has 0 saturated heterocycles. The second-order valence-corrected chi connectivity index (χ2v) is 8.05. The third-order valence-corrected chi connectivity index (χ3v) is 5.49. The van der Waals surface area contributed by atoms with Crippen LogP contribution in [0.1, 0.15) is 22.8 Å². The molecule has 0 aliphatic carbocycles. The number of hydrogen-bond acceptors (Lipinski definition) is 4. The van der Waals surface area contributed by atoms with Crippen LogP contribution in [0.25, 0.3) is 0 Å². The Kier molecular flexibility index (Phi) is 5.94. The molecule has 0 aromatic heterocycles. The molecule has 0 radical (unpaired) electrons. The Hall–Kier alpha value is -2.22. The SMILES string of the molecule is C/C(=N/NC(=O)c1cccc(S(=O)(=O)N(C)C)c1)c1cccc(Cl)c1. The average Bonchev–Trinajstić information content (AvgIpc) is 2.59. The second-order valence-electron chi connectivity index (χ2n) is 5.46. The highest BCUT2D eigenvalue weighted by molar-refractivity contribution is 7.89. The number of halogens is 1. The lowest BCUT2D eigenvalue weighted by atomic mass is 10.1. The Morgan fingerprint density at radius 1 is 1.08 bits per heavy atom. The summed E-state index contributed by atoms with van der Waals surface area (Å²) in [5.74, 6) is -0.503. The molecule has 0 fully saturated rings. The summed E-state index contributed by atoms with van der Waals surface area (Å²) in [4.78, 5) is 12.3. The predicted octanol–water partition coefficient (Wildman–Crippen LogP) is 2.74. The fourth-order valence-electron chi connectivity index (χ4n) is 1.99. The minimum Gasteiger partial charge on any atom is -0.267 e. The summed E-state index contributed by atoms with van der Waals surface area (Å²) < 4.78 is 25.4. The lowest BCUT2D eigenvalue weighted by molar-refractivity contribution is 0.0954. The van der Waals surface area contributed by atoms with Crippen LogP contribution < -0.4 is 5.43 Å². The predicted molar refractivity (Wildman–Crippen MR) is 98.4 cm³/mol. The van der Waals surface area contributed by atoms with Gasteiger partial charge in [-0.1, -0.05) is 29.8 Å². The van der Waals surface area contributed by atoms with E-state index in [4.69, 9.17) is 11.6 Å². The number of sulfonamides is 1. The monoisotopic (exact) mass is 379 g/mol. The quantitative estimate of drug-likeness (QED) is 0.640. The molecule has 0 aliphatic rings. The molecule has 25 heavy (non-hydrogen) atoms. The fourth-order valence-corrected chi connectivity index (χ4v) is 3.12.